The van der Waals surface area contributed by atoms with Crippen LogP contribution in [-0.2, 0) is 0 Å². The minimum atomic E-state index is -0.204. The second kappa shape index (κ2) is 6.25. The van der Waals surface area contributed by atoms with E-state index < -0.39 is 0 Å². The number of amides is 1. The Labute approximate surface area is 120 Å². The van der Waals surface area contributed by atoms with E-state index in [4.69, 9.17) is 28.9 Å². The zero-order chi connectivity index (χ0) is 11.7. The summed E-state index contributed by atoms with van der Waals surface area (Å²) in [4.78, 5) is 11.7. The molecule has 1 atom stereocenters. The van der Waals surface area contributed by atoms with E-state index in [9.17, 15) is 4.79 Å². The first-order chi connectivity index (χ1) is 7.58. The Kier molecular flexibility index (Phi) is 5.54. The topological polar surface area (TPSA) is 55.1 Å². The average Bonchev–Trinajstić information content (AvgIpc) is 3.01. The number of nitrogens with two attached hydrogens (primary N) is 1. The van der Waals surface area contributed by atoms with Crippen LogP contribution in [0.4, 0.5) is 0 Å². The summed E-state index contributed by atoms with van der Waals surface area (Å²) in [5.41, 5.74) is 6.31. The molecule has 0 aliphatic heterocycles. The molecule has 1 fully saturated rings. The second-order valence-corrected chi connectivity index (χ2v) is 6.23. The van der Waals surface area contributed by atoms with Gasteiger partial charge in [-0.05, 0) is 24.8 Å². The highest BCUT2D eigenvalue weighted by Crippen LogP contribution is 2.32. The average molecular weight is 316 g/mol. The van der Waals surface area contributed by atoms with E-state index in [0.29, 0.717) is 26.7 Å². The molecule has 1 aliphatic rings. The quantitative estimate of drug-likeness (QED) is 0.897. The third-order valence-electron chi connectivity index (χ3n) is 2.63. The highest BCUT2D eigenvalue weighted by molar-refractivity contribution is 7.20. The first-order valence-electron chi connectivity index (χ1n) is 5.06. The lowest BCUT2D eigenvalue weighted by atomic mass is 10.2. The Morgan fingerprint density at radius 1 is 1.59 bits per heavy atom. The molecule has 17 heavy (non-hydrogen) atoms. The molecule has 96 valence electrons. The molecule has 2 rings (SSSR count). The van der Waals surface area contributed by atoms with Crippen molar-refractivity contribution >= 4 is 52.9 Å². The molecule has 0 radical (unpaired) electrons. The fourth-order valence-corrected chi connectivity index (χ4v) is 2.95. The lowest BCUT2D eigenvalue weighted by Gasteiger charge is -2.10. The lowest BCUT2D eigenvalue weighted by molar-refractivity contribution is 0.0951. The summed E-state index contributed by atoms with van der Waals surface area (Å²) < 4.78 is 0.934. The fraction of sp³-hybridized carbons (Fsp3) is 0.500. The van der Waals surface area contributed by atoms with Crippen molar-refractivity contribution in [2.24, 2.45) is 11.7 Å². The van der Waals surface area contributed by atoms with Gasteiger partial charge in [-0.1, -0.05) is 23.2 Å². The van der Waals surface area contributed by atoms with Crippen LogP contribution in [0.15, 0.2) is 6.07 Å². The van der Waals surface area contributed by atoms with Gasteiger partial charge in [-0.2, -0.15) is 0 Å². The predicted octanol–water partition coefficient (Wildman–Crippen LogP) is 2.94. The maximum atomic E-state index is 11.7. The highest BCUT2D eigenvalue weighted by atomic mass is 35.5. The van der Waals surface area contributed by atoms with Crippen LogP contribution in [0.2, 0.25) is 8.67 Å². The van der Waals surface area contributed by atoms with Crippen molar-refractivity contribution in [1.82, 2.24) is 5.32 Å². The van der Waals surface area contributed by atoms with E-state index in [1.807, 2.05) is 0 Å². The molecule has 1 aliphatic carbocycles. The fourth-order valence-electron chi connectivity index (χ4n) is 1.49. The van der Waals surface area contributed by atoms with Crippen molar-refractivity contribution in [2.75, 3.05) is 6.54 Å². The van der Waals surface area contributed by atoms with E-state index in [-0.39, 0.29) is 24.4 Å². The van der Waals surface area contributed by atoms with E-state index >= 15 is 0 Å². The van der Waals surface area contributed by atoms with E-state index in [1.165, 1.54) is 24.2 Å². The van der Waals surface area contributed by atoms with Crippen LogP contribution in [0, 0.1) is 5.92 Å². The number of rotatable bonds is 4. The first-order valence-corrected chi connectivity index (χ1v) is 6.64. The van der Waals surface area contributed by atoms with Gasteiger partial charge in [0.2, 0.25) is 0 Å². The van der Waals surface area contributed by atoms with Crippen molar-refractivity contribution in [3.05, 3.63) is 20.3 Å². The molecule has 0 bridgehead atoms. The van der Waals surface area contributed by atoms with Crippen molar-refractivity contribution in [1.29, 1.82) is 0 Å². The standard InChI is InChI=1S/C10H12Cl2N2OS.ClH/c11-8-3-6(9(12)16-8)10(15)14-4-7(13)5-1-2-5;/h3,5,7H,1-2,4,13H2,(H,14,15);1H. The number of carbonyl (C=O) groups excluding carboxylic acids is 1. The van der Waals surface area contributed by atoms with E-state index in [0.717, 1.165) is 0 Å². The first kappa shape index (κ1) is 15.1. The van der Waals surface area contributed by atoms with Crippen molar-refractivity contribution in [3.63, 3.8) is 0 Å². The van der Waals surface area contributed by atoms with Gasteiger partial charge >= 0.3 is 0 Å². The van der Waals surface area contributed by atoms with Gasteiger partial charge in [0.05, 0.1) is 9.90 Å². The molecule has 1 aromatic heterocycles. The van der Waals surface area contributed by atoms with Crippen LogP contribution in [0.5, 0.6) is 0 Å². The Hall–Kier alpha value is -0.0000000000000000555. The normalized spacial score (nSPS) is 16.2. The minimum absolute atomic E-state index is 0. The molecule has 7 heteroatoms. The molecule has 3 nitrogen and oxygen atoms in total. The number of hydrogen-bond donors (Lipinski definition) is 2. The van der Waals surface area contributed by atoms with Crippen LogP contribution in [0.25, 0.3) is 0 Å². The zero-order valence-corrected chi connectivity index (χ0v) is 12.1. The van der Waals surface area contributed by atoms with Gasteiger partial charge in [0.1, 0.15) is 4.34 Å². The van der Waals surface area contributed by atoms with Gasteiger partial charge in [0.25, 0.3) is 5.91 Å². The summed E-state index contributed by atoms with van der Waals surface area (Å²) >= 11 is 12.8. The molecular weight excluding hydrogens is 303 g/mol. The predicted molar refractivity (Wildman–Crippen MR) is 74.6 cm³/mol. The maximum absolute atomic E-state index is 11.7. The van der Waals surface area contributed by atoms with Crippen molar-refractivity contribution < 1.29 is 4.79 Å². The summed E-state index contributed by atoms with van der Waals surface area (Å²) in [5, 5.41) is 2.77. The van der Waals surface area contributed by atoms with Crippen LogP contribution in [-0.4, -0.2) is 18.5 Å². The maximum Gasteiger partial charge on any atom is 0.253 e. The van der Waals surface area contributed by atoms with Crippen LogP contribution >= 0.6 is 46.9 Å². The molecule has 1 amide bonds. The summed E-state index contributed by atoms with van der Waals surface area (Å²) in [6, 6.07) is 1.63. The smallest absolute Gasteiger partial charge is 0.253 e. The van der Waals surface area contributed by atoms with Gasteiger partial charge in [-0.15, -0.1) is 23.7 Å². The third kappa shape index (κ3) is 4.00. The van der Waals surface area contributed by atoms with Gasteiger partial charge in [0, 0.05) is 12.6 Å². The Morgan fingerprint density at radius 3 is 2.71 bits per heavy atom. The molecule has 0 saturated heterocycles. The number of nitrogens with one attached hydrogen (secondary N) is 1. The highest BCUT2D eigenvalue weighted by Gasteiger charge is 2.28. The van der Waals surface area contributed by atoms with Crippen molar-refractivity contribution in [3.8, 4) is 0 Å². The number of hydrogen-bond acceptors (Lipinski definition) is 3. The molecule has 1 aromatic rings. The van der Waals surface area contributed by atoms with Crippen molar-refractivity contribution in [2.45, 2.75) is 18.9 Å². The summed E-state index contributed by atoms with van der Waals surface area (Å²) in [6.45, 7) is 0.493. The molecule has 3 N–H and O–H groups in total. The molecular formula is C10H13Cl3N2OS. The summed E-state index contributed by atoms with van der Waals surface area (Å²) in [6.07, 6.45) is 2.34. The zero-order valence-electron chi connectivity index (χ0n) is 8.91. The molecule has 0 spiro atoms. The molecule has 0 aromatic carbocycles. The largest absolute Gasteiger partial charge is 0.350 e. The Bertz CT molecular complexity index is 406. The SMILES string of the molecule is Cl.NC(CNC(=O)c1cc(Cl)sc1Cl)C1CC1. The molecule has 1 unspecified atom stereocenters. The lowest BCUT2D eigenvalue weighted by Crippen LogP contribution is -2.38. The molecule has 1 heterocycles. The van der Waals surface area contributed by atoms with E-state index in [1.54, 1.807) is 6.07 Å². The van der Waals surface area contributed by atoms with Crippen LogP contribution in [0.3, 0.4) is 0 Å². The van der Waals surface area contributed by atoms with Crippen LogP contribution in [0.1, 0.15) is 23.2 Å². The summed E-state index contributed by atoms with van der Waals surface area (Å²) in [7, 11) is 0. The monoisotopic (exact) mass is 314 g/mol. The van der Waals surface area contributed by atoms with E-state index in [2.05, 4.69) is 5.32 Å². The Balaban J connectivity index is 0.00000144. The summed E-state index contributed by atoms with van der Waals surface area (Å²) in [5.74, 6) is 0.367. The van der Waals surface area contributed by atoms with Crippen LogP contribution < -0.4 is 11.1 Å². The number of thiophene rings is 1. The third-order valence-corrected chi connectivity index (χ3v) is 4.11. The number of carbonyl (C=O) groups is 1. The van der Waals surface area contributed by atoms with Gasteiger partial charge in [0.15, 0.2) is 0 Å². The van der Waals surface area contributed by atoms with Gasteiger partial charge < -0.3 is 11.1 Å². The van der Waals surface area contributed by atoms with Gasteiger partial charge in [-0.3, -0.25) is 4.79 Å². The molecule has 1 saturated carbocycles. The van der Waals surface area contributed by atoms with Gasteiger partial charge in [-0.25, -0.2) is 0 Å². The minimum Gasteiger partial charge on any atom is -0.350 e. The second-order valence-electron chi connectivity index (χ2n) is 3.95. The Morgan fingerprint density at radius 2 is 2.24 bits per heavy atom. The number of halogens is 3.